The topological polar surface area (TPSA) is 87.8 Å². The number of nitrogens with two attached hydrogens (primary N) is 1. The van der Waals surface area contributed by atoms with Crippen LogP contribution in [0, 0.1) is 0 Å². The standard InChI is InChI=1S/C12H25N3O3/c1-2-18-9-11(16)7-15(8-12(13)17)10-3-5-14-6-4-10/h10-11,14,16H,2-9H2,1H3,(H2,13,17). The number of primary amides is 1. The van der Waals surface area contributed by atoms with Gasteiger partial charge in [-0.05, 0) is 32.9 Å². The van der Waals surface area contributed by atoms with Crippen LogP contribution in [0.2, 0.25) is 0 Å². The van der Waals surface area contributed by atoms with Crippen LogP contribution < -0.4 is 11.1 Å². The lowest BCUT2D eigenvalue weighted by Crippen LogP contribution is -2.49. The summed E-state index contributed by atoms with van der Waals surface area (Å²) in [6.45, 7) is 5.31. The van der Waals surface area contributed by atoms with Gasteiger partial charge in [0.2, 0.25) is 5.91 Å². The van der Waals surface area contributed by atoms with Crippen LogP contribution in [0.3, 0.4) is 0 Å². The van der Waals surface area contributed by atoms with Crippen LogP contribution in [0.15, 0.2) is 0 Å². The molecule has 0 aromatic rings. The first kappa shape index (κ1) is 15.4. The summed E-state index contributed by atoms with van der Waals surface area (Å²) in [5.74, 6) is -0.350. The molecule has 1 saturated heterocycles. The average molecular weight is 259 g/mol. The van der Waals surface area contributed by atoms with Crippen LogP contribution in [0.4, 0.5) is 0 Å². The molecule has 0 aromatic heterocycles. The zero-order valence-electron chi connectivity index (χ0n) is 11.1. The number of ether oxygens (including phenoxy) is 1. The zero-order chi connectivity index (χ0) is 13.4. The number of rotatable bonds is 8. The van der Waals surface area contributed by atoms with E-state index < -0.39 is 6.10 Å². The van der Waals surface area contributed by atoms with Gasteiger partial charge in [0.15, 0.2) is 0 Å². The van der Waals surface area contributed by atoms with Gasteiger partial charge in [0.05, 0.1) is 19.3 Å². The van der Waals surface area contributed by atoms with Gasteiger partial charge in [0, 0.05) is 19.2 Å². The molecule has 1 aliphatic rings. The van der Waals surface area contributed by atoms with Crippen molar-refractivity contribution in [2.24, 2.45) is 5.73 Å². The summed E-state index contributed by atoms with van der Waals surface area (Å²) < 4.78 is 5.18. The summed E-state index contributed by atoms with van der Waals surface area (Å²) >= 11 is 0. The molecular weight excluding hydrogens is 234 g/mol. The minimum Gasteiger partial charge on any atom is -0.389 e. The monoisotopic (exact) mass is 259 g/mol. The lowest BCUT2D eigenvalue weighted by Gasteiger charge is -2.34. The van der Waals surface area contributed by atoms with Gasteiger partial charge in [-0.1, -0.05) is 0 Å². The fourth-order valence-electron chi connectivity index (χ4n) is 2.29. The van der Waals surface area contributed by atoms with Gasteiger partial charge in [-0.3, -0.25) is 9.69 Å². The second-order valence-corrected chi connectivity index (χ2v) is 4.69. The second-order valence-electron chi connectivity index (χ2n) is 4.69. The molecule has 1 fully saturated rings. The van der Waals surface area contributed by atoms with Gasteiger partial charge in [-0.25, -0.2) is 0 Å². The molecule has 1 aliphatic heterocycles. The van der Waals surface area contributed by atoms with Gasteiger partial charge < -0.3 is 20.9 Å². The number of hydrogen-bond donors (Lipinski definition) is 3. The molecule has 1 amide bonds. The lowest BCUT2D eigenvalue weighted by atomic mass is 10.0. The molecule has 6 heteroatoms. The SMILES string of the molecule is CCOCC(O)CN(CC(N)=O)C1CCNCC1. The molecule has 1 heterocycles. The summed E-state index contributed by atoms with van der Waals surface area (Å²) in [4.78, 5) is 13.1. The number of aliphatic hydroxyl groups is 1. The number of amides is 1. The first-order valence-electron chi connectivity index (χ1n) is 6.62. The Morgan fingerprint density at radius 3 is 2.78 bits per heavy atom. The van der Waals surface area contributed by atoms with Crippen LogP contribution in [0.5, 0.6) is 0 Å². The molecule has 1 rings (SSSR count). The van der Waals surface area contributed by atoms with Crippen LogP contribution in [-0.2, 0) is 9.53 Å². The number of nitrogens with zero attached hydrogens (tertiary/aromatic N) is 1. The fourth-order valence-corrected chi connectivity index (χ4v) is 2.29. The highest BCUT2D eigenvalue weighted by atomic mass is 16.5. The molecule has 4 N–H and O–H groups in total. The smallest absolute Gasteiger partial charge is 0.231 e. The molecule has 0 aromatic carbocycles. The number of carbonyl (C=O) groups is 1. The summed E-state index contributed by atoms with van der Waals surface area (Å²) in [5.41, 5.74) is 5.27. The van der Waals surface area contributed by atoms with Gasteiger partial charge in [-0.15, -0.1) is 0 Å². The third-order valence-electron chi connectivity index (χ3n) is 3.14. The quantitative estimate of drug-likeness (QED) is 0.516. The van der Waals surface area contributed by atoms with E-state index in [9.17, 15) is 9.90 Å². The Balaban J connectivity index is 2.45. The van der Waals surface area contributed by atoms with Crippen molar-refractivity contribution in [1.82, 2.24) is 10.2 Å². The maximum absolute atomic E-state index is 11.1. The Bertz CT molecular complexity index is 245. The predicted molar refractivity (Wildman–Crippen MR) is 69.2 cm³/mol. The molecule has 0 saturated carbocycles. The molecular formula is C12H25N3O3. The molecule has 18 heavy (non-hydrogen) atoms. The summed E-state index contributed by atoms with van der Waals surface area (Å²) in [7, 11) is 0. The molecule has 106 valence electrons. The van der Waals surface area contributed by atoms with Crippen molar-refractivity contribution >= 4 is 5.91 Å². The zero-order valence-corrected chi connectivity index (χ0v) is 11.1. The van der Waals surface area contributed by atoms with Gasteiger partial charge in [0.1, 0.15) is 0 Å². The van der Waals surface area contributed by atoms with Crippen LogP contribution in [-0.4, -0.2) is 67.5 Å². The van der Waals surface area contributed by atoms with E-state index in [1.165, 1.54) is 0 Å². The summed E-state index contributed by atoms with van der Waals surface area (Å²) in [6, 6.07) is 0.315. The predicted octanol–water partition coefficient (Wildman–Crippen LogP) is -1.08. The molecule has 1 unspecified atom stereocenters. The number of piperidine rings is 1. The number of nitrogens with one attached hydrogen (secondary N) is 1. The minimum absolute atomic E-state index is 0.202. The maximum Gasteiger partial charge on any atom is 0.231 e. The number of carbonyl (C=O) groups excluding carboxylic acids is 1. The van der Waals surface area contributed by atoms with E-state index in [0.29, 0.717) is 25.8 Å². The van der Waals surface area contributed by atoms with Gasteiger partial charge in [-0.2, -0.15) is 0 Å². The van der Waals surface area contributed by atoms with Gasteiger partial charge in [0.25, 0.3) is 0 Å². The molecule has 6 nitrogen and oxygen atoms in total. The van der Waals surface area contributed by atoms with Gasteiger partial charge >= 0.3 is 0 Å². The molecule has 1 atom stereocenters. The lowest BCUT2D eigenvalue weighted by molar-refractivity contribution is -0.120. The van der Waals surface area contributed by atoms with E-state index >= 15 is 0 Å². The highest BCUT2D eigenvalue weighted by Crippen LogP contribution is 2.12. The van der Waals surface area contributed by atoms with E-state index in [-0.39, 0.29) is 12.5 Å². The van der Waals surface area contributed by atoms with E-state index in [2.05, 4.69) is 5.32 Å². The molecule has 0 radical (unpaired) electrons. The second kappa shape index (κ2) is 8.42. The van der Waals surface area contributed by atoms with Crippen molar-refractivity contribution in [3.63, 3.8) is 0 Å². The normalized spacial score (nSPS) is 19.1. The van der Waals surface area contributed by atoms with E-state index in [0.717, 1.165) is 25.9 Å². The van der Waals surface area contributed by atoms with Crippen LogP contribution in [0.25, 0.3) is 0 Å². The summed E-state index contributed by atoms with van der Waals surface area (Å²) in [6.07, 6.45) is 1.39. The maximum atomic E-state index is 11.1. The van der Waals surface area contributed by atoms with Crippen molar-refractivity contribution in [2.75, 3.05) is 39.4 Å². The fraction of sp³-hybridized carbons (Fsp3) is 0.917. The Morgan fingerprint density at radius 2 is 2.22 bits per heavy atom. The molecule has 0 bridgehead atoms. The highest BCUT2D eigenvalue weighted by Gasteiger charge is 2.24. The number of hydrogen-bond acceptors (Lipinski definition) is 5. The largest absolute Gasteiger partial charge is 0.389 e. The number of aliphatic hydroxyl groups excluding tert-OH is 1. The first-order chi connectivity index (χ1) is 8.63. The summed E-state index contributed by atoms with van der Waals surface area (Å²) in [5, 5.41) is 13.1. The van der Waals surface area contributed by atoms with Crippen molar-refractivity contribution in [2.45, 2.75) is 31.9 Å². The highest BCUT2D eigenvalue weighted by molar-refractivity contribution is 5.75. The Labute approximate surface area is 108 Å². The first-order valence-corrected chi connectivity index (χ1v) is 6.62. The van der Waals surface area contributed by atoms with Crippen molar-refractivity contribution in [1.29, 1.82) is 0 Å². The van der Waals surface area contributed by atoms with E-state index in [1.807, 2.05) is 11.8 Å². The van der Waals surface area contributed by atoms with E-state index in [4.69, 9.17) is 10.5 Å². The molecule has 0 aliphatic carbocycles. The third-order valence-corrected chi connectivity index (χ3v) is 3.14. The average Bonchev–Trinajstić information content (AvgIpc) is 2.36. The van der Waals surface area contributed by atoms with Crippen LogP contribution in [0.1, 0.15) is 19.8 Å². The Morgan fingerprint density at radius 1 is 1.56 bits per heavy atom. The molecule has 0 spiro atoms. The van der Waals surface area contributed by atoms with Crippen molar-refractivity contribution in [3.8, 4) is 0 Å². The van der Waals surface area contributed by atoms with Crippen molar-refractivity contribution < 1.29 is 14.6 Å². The van der Waals surface area contributed by atoms with E-state index in [1.54, 1.807) is 0 Å². The Hall–Kier alpha value is -0.690. The third kappa shape index (κ3) is 5.77. The Kier molecular flexibility index (Phi) is 7.19. The van der Waals surface area contributed by atoms with Crippen LogP contribution >= 0.6 is 0 Å². The van der Waals surface area contributed by atoms with Crippen molar-refractivity contribution in [3.05, 3.63) is 0 Å². The minimum atomic E-state index is -0.570.